The molecule has 0 saturated carbocycles. The molecule has 0 aromatic rings. The predicted octanol–water partition coefficient (Wildman–Crippen LogP) is 0.807. The van der Waals surface area contributed by atoms with Crippen LogP contribution >= 0.6 is 11.8 Å². The van der Waals surface area contributed by atoms with Gasteiger partial charge in [-0.3, -0.25) is 0 Å². The average molecular weight is 129 g/mol. The third-order valence-corrected chi connectivity index (χ3v) is 3.26. The van der Waals surface area contributed by atoms with Gasteiger partial charge in [0.2, 0.25) is 0 Å². The van der Waals surface area contributed by atoms with Crippen LogP contribution < -0.4 is 0 Å². The Bertz CT molecular complexity index is 80.5. The van der Waals surface area contributed by atoms with E-state index in [0.717, 1.165) is 5.25 Å². The second kappa shape index (κ2) is 1.92. The highest BCUT2D eigenvalue weighted by Gasteiger charge is 2.26. The lowest BCUT2D eigenvalue weighted by molar-refractivity contribution is 0.358. The van der Waals surface area contributed by atoms with E-state index in [-0.39, 0.29) is 0 Å². The van der Waals surface area contributed by atoms with Gasteiger partial charge in [0.15, 0.2) is 0 Å². The summed E-state index contributed by atoms with van der Waals surface area (Å²) in [5, 5.41) is 1.00. The zero-order chi connectivity index (χ0) is 5.40. The summed E-state index contributed by atoms with van der Waals surface area (Å²) in [6.45, 7) is 4.10. The van der Waals surface area contributed by atoms with Gasteiger partial charge < -0.3 is 4.90 Å². The van der Waals surface area contributed by atoms with E-state index in [0.29, 0.717) is 0 Å². The monoisotopic (exact) mass is 129 g/mol. The van der Waals surface area contributed by atoms with E-state index in [1.54, 1.807) is 0 Å². The van der Waals surface area contributed by atoms with Crippen LogP contribution in [0, 0.1) is 0 Å². The van der Waals surface area contributed by atoms with Gasteiger partial charge in [0.1, 0.15) is 0 Å². The lowest BCUT2D eigenvalue weighted by Crippen LogP contribution is -2.28. The molecular weight excluding hydrogens is 118 g/mol. The standard InChI is InChI=1S/C6H11NS/c1-2-7-3-4-8-6(1)5-7/h6H,1-5H2. The van der Waals surface area contributed by atoms with Crippen molar-refractivity contribution < 1.29 is 0 Å². The van der Waals surface area contributed by atoms with E-state index in [9.17, 15) is 0 Å². The number of fused-ring (bicyclic) bond motifs is 2. The highest BCUT2D eigenvalue weighted by Crippen LogP contribution is 2.26. The van der Waals surface area contributed by atoms with Gasteiger partial charge in [0, 0.05) is 24.1 Å². The SMILES string of the molecule is C1CN2CCC(C2)S1. The van der Waals surface area contributed by atoms with Crippen LogP contribution in [0.3, 0.4) is 0 Å². The van der Waals surface area contributed by atoms with Crippen molar-refractivity contribution in [1.82, 2.24) is 4.90 Å². The average Bonchev–Trinajstić information content (AvgIpc) is 2.12. The number of thioether (sulfide) groups is 1. The number of rotatable bonds is 0. The summed E-state index contributed by atoms with van der Waals surface area (Å²) in [5.74, 6) is 1.38. The third-order valence-electron chi connectivity index (χ3n) is 1.99. The van der Waals surface area contributed by atoms with Crippen LogP contribution in [0.25, 0.3) is 0 Å². The summed E-state index contributed by atoms with van der Waals surface area (Å²) < 4.78 is 0. The number of hydrogen-bond acceptors (Lipinski definition) is 2. The normalized spacial score (nSPS) is 45.0. The number of nitrogens with zero attached hydrogens (tertiary/aromatic N) is 1. The first-order chi connectivity index (χ1) is 3.95. The summed E-state index contributed by atoms with van der Waals surface area (Å²) in [6, 6.07) is 0. The molecule has 0 aromatic carbocycles. The van der Waals surface area contributed by atoms with Crippen molar-refractivity contribution in [2.75, 3.05) is 25.4 Å². The first kappa shape index (κ1) is 5.12. The van der Waals surface area contributed by atoms with E-state index in [4.69, 9.17) is 0 Å². The molecule has 1 nitrogen and oxygen atoms in total. The van der Waals surface area contributed by atoms with Crippen LogP contribution in [-0.2, 0) is 0 Å². The molecule has 2 atom stereocenters. The summed E-state index contributed by atoms with van der Waals surface area (Å²) in [6.07, 6.45) is 1.45. The van der Waals surface area contributed by atoms with Crippen LogP contribution in [0.2, 0.25) is 0 Å². The number of hydrogen-bond donors (Lipinski definition) is 0. The summed E-state index contributed by atoms with van der Waals surface area (Å²) >= 11 is 2.16. The van der Waals surface area contributed by atoms with E-state index < -0.39 is 0 Å². The molecule has 2 rings (SSSR count). The molecule has 0 N–H and O–H groups in total. The first-order valence-corrected chi connectivity index (χ1v) is 4.34. The molecule has 2 heterocycles. The van der Waals surface area contributed by atoms with Crippen molar-refractivity contribution in [3.8, 4) is 0 Å². The highest BCUT2D eigenvalue weighted by molar-refractivity contribution is 8.00. The minimum absolute atomic E-state index is 1.00. The lowest BCUT2D eigenvalue weighted by Gasteiger charge is -2.20. The van der Waals surface area contributed by atoms with E-state index in [1.165, 1.54) is 31.8 Å². The molecule has 2 aliphatic heterocycles. The molecule has 2 bridgehead atoms. The van der Waals surface area contributed by atoms with Gasteiger partial charge in [0.05, 0.1) is 0 Å². The van der Waals surface area contributed by atoms with Gasteiger partial charge in [-0.2, -0.15) is 11.8 Å². The van der Waals surface area contributed by atoms with Crippen molar-refractivity contribution in [3.05, 3.63) is 0 Å². The van der Waals surface area contributed by atoms with Crippen LogP contribution in [0.4, 0.5) is 0 Å². The van der Waals surface area contributed by atoms with E-state index >= 15 is 0 Å². The van der Waals surface area contributed by atoms with Gasteiger partial charge in [-0.1, -0.05) is 0 Å². The smallest absolute Gasteiger partial charge is 0.0187 e. The molecular formula is C6H11NS. The van der Waals surface area contributed by atoms with Crippen LogP contribution in [-0.4, -0.2) is 35.5 Å². The molecule has 8 heavy (non-hydrogen) atoms. The zero-order valence-corrected chi connectivity index (χ0v) is 5.78. The van der Waals surface area contributed by atoms with Crippen molar-refractivity contribution >= 4 is 11.8 Å². The largest absolute Gasteiger partial charge is 0.301 e. The second-order valence-corrected chi connectivity index (χ2v) is 3.99. The van der Waals surface area contributed by atoms with Crippen molar-refractivity contribution in [2.45, 2.75) is 11.7 Å². The van der Waals surface area contributed by atoms with Crippen molar-refractivity contribution in [1.29, 1.82) is 0 Å². The van der Waals surface area contributed by atoms with Crippen molar-refractivity contribution in [2.24, 2.45) is 0 Å². The Kier molecular flexibility index (Phi) is 1.23. The van der Waals surface area contributed by atoms with Gasteiger partial charge in [0.25, 0.3) is 0 Å². The maximum absolute atomic E-state index is 2.57. The minimum Gasteiger partial charge on any atom is -0.301 e. The minimum atomic E-state index is 1.00. The Morgan fingerprint density at radius 1 is 1.38 bits per heavy atom. The first-order valence-electron chi connectivity index (χ1n) is 3.29. The maximum atomic E-state index is 2.57. The lowest BCUT2D eigenvalue weighted by atomic mass is 10.4. The molecule has 2 saturated heterocycles. The molecule has 2 unspecified atom stereocenters. The molecule has 2 heteroatoms. The summed E-state index contributed by atoms with van der Waals surface area (Å²) in [7, 11) is 0. The molecule has 2 fully saturated rings. The molecule has 0 amide bonds. The van der Waals surface area contributed by atoms with Gasteiger partial charge in [-0.15, -0.1) is 0 Å². The molecule has 2 aliphatic rings. The Labute approximate surface area is 54.4 Å². The second-order valence-electron chi connectivity index (χ2n) is 2.58. The van der Waals surface area contributed by atoms with Gasteiger partial charge >= 0.3 is 0 Å². The Balaban J connectivity index is 2.03. The molecule has 0 aliphatic carbocycles. The summed E-state index contributed by atoms with van der Waals surface area (Å²) in [4.78, 5) is 2.57. The Morgan fingerprint density at radius 3 is 3.12 bits per heavy atom. The van der Waals surface area contributed by atoms with Gasteiger partial charge in [-0.25, -0.2) is 0 Å². The fourth-order valence-electron chi connectivity index (χ4n) is 1.48. The van der Waals surface area contributed by atoms with Gasteiger partial charge in [-0.05, 0) is 13.0 Å². The van der Waals surface area contributed by atoms with Crippen LogP contribution in [0.15, 0.2) is 0 Å². The fraction of sp³-hybridized carbons (Fsp3) is 1.00. The van der Waals surface area contributed by atoms with Crippen LogP contribution in [0.1, 0.15) is 6.42 Å². The third kappa shape index (κ3) is 0.759. The molecule has 0 spiro atoms. The zero-order valence-electron chi connectivity index (χ0n) is 4.97. The Morgan fingerprint density at radius 2 is 2.38 bits per heavy atom. The Hall–Kier alpha value is 0.310. The van der Waals surface area contributed by atoms with E-state index in [2.05, 4.69) is 16.7 Å². The summed E-state index contributed by atoms with van der Waals surface area (Å²) in [5.41, 5.74) is 0. The fourth-order valence-corrected chi connectivity index (χ4v) is 2.77. The van der Waals surface area contributed by atoms with Crippen molar-refractivity contribution in [3.63, 3.8) is 0 Å². The molecule has 46 valence electrons. The van der Waals surface area contributed by atoms with E-state index in [1.807, 2.05) is 0 Å². The molecule has 0 radical (unpaired) electrons. The molecule has 0 aromatic heterocycles. The topological polar surface area (TPSA) is 3.24 Å². The van der Waals surface area contributed by atoms with Crippen LogP contribution in [0.5, 0.6) is 0 Å². The highest BCUT2D eigenvalue weighted by atomic mass is 32.2. The quantitative estimate of drug-likeness (QED) is 0.476. The predicted molar refractivity (Wildman–Crippen MR) is 37.3 cm³/mol. The maximum Gasteiger partial charge on any atom is 0.0187 e.